The molecule has 0 spiro atoms. The van der Waals surface area contributed by atoms with E-state index in [0.29, 0.717) is 29.2 Å². The quantitative estimate of drug-likeness (QED) is 0.0476. The van der Waals surface area contributed by atoms with Gasteiger partial charge in [0.1, 0.15) is 23.0 Å². The first kappa shape index (κ1) is 34.0. The summed E-state index contributed by atoms with van der Waals surface area (Å²) in [5, 5.41) is 0. The van der Waals surface area contributed by atoms with Crippen molar-refractivity contribution in [3.63, 3.8) is 0 Å². The van der Waals surface area contributed by atoms with E-state index < -0.39 is 11.9 Å². The predicted octanol–water partition coefficient (Wildman–Crippen LogP) is 9.79. The Bertz CT molecular complexity index is 1510. The van der Waals surface area contributed by atoms with E-state index >= 15 is 0 Å². The van der Waals surface area contributed by atoms with E-state index in [1.807, 2.05) is 36.4 Å². The van der Waals surface area contributed by atoms with Gasteiger partial charge in [0.25, 0.3) is 0 Å². The summed E-state index contributed by atoms with van der Waals surface area (Å²) in [5.74, 6) is 1.29. The molecule has 4 aromatic carbocycles. The largest absolute Gasteiger partial charge is 0.494 e. The molecule has 0 amide bonds. The van der Waals surface area contributed by atoms with Gasteiger partial charge in [-0.3, -0.25) is 4.99 Å². The van der Waals surface area contributed by atoms with Crippen LogP contribution in [0.2, 0.25) is 0 Å². The summed E-state index contributed by atoms with van der Waals surface area (Å²) in [7, 11) is 0. The fourth-order valence-corrected chi connectivity index (χ4v) is 4.52. The van der Waals surface area contributed by atoms with Gasteiger partial charge in [-0.2, -0.15) is 0 Å². The summed E-state index contributed by atoms with van der Waals surface area (Å²) in [6.07, 6.45) is 11.0. The molecule has 4 aromatic rings. The van der Waals surface area contributed by atoms with Crippen LogP contribution in [-0.2, 0) is 0 Å². The van der Waals surface area contributed by atoms with Crippen molar-refractivity contribution >= 4 is 23.8 Å². The molecule has 46 heavy (non-hydrogen) atoms. The van der Waals surface area contributed by atoms with Crippen molar-refractivity contribution in [2.45, 2.75) is 65.2 Å². The molecule has 0 N–H and O–H groups in total. The van der Waals surface area contributed by atoms with Gasteiger partial charge in [0.15, 0.2) is 0 Å². The van der Waals surface area contributed by atoms with Crippen molar-refractivity contribution in [2.24, 2.45) is 4.99 Å². The number of rotatable bonds is 18. The number of unbranched alkanes of at least 4 members (excludes halogenated alkanes) is 6. The molecule has 0 atom stereocenters. The Morgan fingerprint density at radius 3 is 1.39 bits per heavy atom. The van der Waals surface area contributed by atoms with E-state index in [1.165, 1.54) is 32.1 Å². The van der Waals surface area contributed by atoms with Crippen LogP contribution in [0.5, 0.6) is 23.0 Å². The number of aliphatic imine (C=N–C) groups is 1. The highest BCUT2D eigenvalue weighted by Crippen LogP contribution is 2.21. The highest BCUT2D eigenvalue weighted by Gasteiger charge is 2.12. The lowest BCUT2D eigenvalue weighted by Crippen LogP contribution is -2.10. The molecule has 0 heterocycles. The smallest absolute Gasteiger partial charge is 0.343 e. The highest BCUT2D eigenvalue weighted by molar-refractivity contribution is 5.93. The standard InChI is InChI=1S/C39H43NO6/c1-3-5-7-9-27-43-34-21-13-31(14-22-34)38(41)46-37-23-15-32(16-24-37)39(42)45-36-19-11-30(12-20-36)29-40-33-17-25-35(26-18-33)44-28-10-8-6-4-2/h11-26,29H,3-10,27-28H2,1-2H3. The van der Waals surface area contributed by atoms with Gasteiger partial charge in [-0.25, -0.2) is 9.59 Å². The summed E-state index contributed by atoms with van der Waals surface area (Å²) in [6.45, 7) is 5.76. The number of ether oxygens (including phenoxy) is 4. The fraction of sp³-hybridized carbons (Fsp3) is 0.308. The third-order valence-corrected chi connectivity index (χ3v) is 7.21. The van der Waals surface area contributed by atoms with Crippen LogP contribution in [-0.4, -0.2) is 31.4 Å². The van der Waals surface area contributed by atoms with Gasteiger partial charge in [0.05, 0.1) is 30.0 Å². The van der Waals surface area contributed by atoms with E-state index in [0.717, 1.165) is 48.6 Å². The summed E-state index contributed by atoms with van der Waals surface area (Å²) in [6, 6.07) is 27.9. The normalized spacial score (nSPS) is 10.9. The summed E-state index contributed by atoms with van der Waals surface area (Å²) < 4.78 is 22.5. The molecule has 0 saturated heterocycles. The Balaban J connectivity index is 1.21. The van der Waals surface area contributed by atoms with Crippen LogP contribution in [0.15, 0.2) is 102 Å². The van der Waals surface area contributed by atoms with Crippen molar-refractivity contribution < 1.29 is 28.5 Å². The van der Waals surface area contributed by atoms with Gasteiger partial charge in [-0.1, -0.05) is 52.4 Å². The lowest BCUT2D eigenvalue weighted by molar-refractivity contribution is 0.0730. The Kier molecular flexibility index (Phi) is 13.9. The second kappa shape index (κ2) is 18.8. The zero-order valence-corrected chi connectivity index (χ0v) is 26.8. The molecule has 240 valence electrons. The lowest BCUT2D eigenvalue weighted by Gasteiger charge is -2.08. The van der Waals surface area contributed by atoms with E-state index in [2.05, 4.69) is 18.8 Å². The van der Waals surface area contributed by atoms with Crippen molar-refractivity contribution in [1.29, 1.82) is 0 Å². The molecule has 0 aliphatic rings. The molecule has 0 unspecified atom stereocenters. The van der Waals surface area contributed by atoms with Gasteiger partial charge >= 0.3 is 11.9 Å². The molecule has 0 saturated carbocycles. The number of carbonyl (C=O) groups is 2. The first-order chi connectivity index (χ1) is 22.5. The van der Waals surface area contributed by atoms with Gasteiger partial charge in [-0.05, 0) is 115 Å². The molecule has 0 fully saturated rings. The molecular weight excluding hydrogens is 578 g/mol. The molecule has 4 rings (SSSR count). The summed E-state index contributed by atoms with van der Waals surface area (Å²) in [4.78, 5) is 29.8. The Morgan fingerprint density at radius 1 is 0.522 bits per heavy atom. The highest BCUT2D eigenvalue weighted by atomic mass is 16.5. The zero-order valence-electron chi connectivity index (χ0n) is 26.8. The maximum Gasteiger partial charge on any atom is 0.343 e. The van der Waals surface area contributed by atoms with E-state index in [9.17, 15) is 9.59 Å². The number of esters is 2. The van der Waals surface area contributed by atoms with Crippen LogP contribution in [0.3, 0.4) is 0 Å². The van der Waals surface area contributed by atoms with Crippen LogP contribution < -0.4 is 18.9 Å². The second-order valence-electron chi connectivity index (χ2n) is 11.0. The molecule has 0 radical (unpaired) electrons. The lowest BCUT2D eigenvalue weighted by atomic mass is 10.2. The molecule has 7 nitrogen and oxygen atoms in total. The summed E-state index contributed by atoms with van der Waals surface area (Å²) in [5.41, 5.74) is 2.43. The monoisotopic (exact) mass is 621 g/mol. The van der Waals surface area contributed by atoms with Crippen LogP contribution in [0, 0.1) is 0 Å². The molecule has 0 aromatic heterocycles. The maximum absolute atomic E-state index is 12.7. The third kappa shape index (κ3) is 11.5. The Labute approximate surface area is 272 Å². The van der Waals surface area contributed by atoms with Crippen LogP contribution >= 0.6 is 0 Å². The fourth-order valence-electron chi connectivity index (χ4n) is 4.52. The Hall–Kier alpha value is -4.91. The zero-order chi connectivity index (χ0) is 32.4. The first-order valence-corrected chi connectivity index (χ1v) is 16.2. The van der Waals surface area contributed by atoms with Crippen molar-refractivity contribution in [3.8, 4) is 23.0 Å². The minimum Gasteiger partial charge on any atom is -0.494 e. The van der Waals surface area contributed by atoms with E-state index in [1.54, 1.807) is 66.9 Å². The number of hydrogen-bond acceptors (Lipinski definition) is 7. The first-order valence-electron chi connectivity index (χ1n) is 16.2. The summed E-state index contributed by atoms with van der Waals surface area (Å²) >= 11 is 0. The minimum absolute atomic E-state index is 0.325. The topological polar surface area (TPSA) is 83.4 Å². The number of benzene rings is 4. The van der Waals surface area contributed by atoms with Crippen LogP contribution in [0.25, 0.3) is 0 Å². The van der Waals surface area contributed by atoms with Crippen molar-refractivity contribution in [2.75, 3.05) is 13.2 Å². The predicted molar refractivity (Wildman–Crippen MR) is 182 cm³/mol. The van der Waals surface area contributed by atoms with Gasteiger partial charge in [0.2, 0.25) is 0 Å². The van der Waals surface area contributed by atoms with Crippen molar-refractivity contribution in [1.82, 2.24) is 0 Å². The Morgan fingerprint density at radius 2 is 0.935 bits per heavy atom. The van der Waals surface area contributed by atoms with Crippen LogP contribution in [0.4, 0.5) is 5.69 Å². The number of nitrogens with zero attached hydrogens (tertiary/aromatic N) is 1. The maximum atomic E-state index is 12.7. The number of carbonyl (C=O) groups excluding carboxylic acids is 2. The SMILES string of the molecule is CCCCCCOc1ccc(N=Cc2ccc(OC(=O)c3ccc(OC(=O)c4ccc(OCCCCCC)cc4)cc3)cc2)cc1. The second-order valence-corrected chi connectivity index (χ2v) is 11.0. The van der Waals surface area contributed by atoms with Gasteiger partial charge in [0, 0.05) is 6.21 Å². The molecular formula is C39H43NO6. The molecule has 0 bridgehead atoms. The van der Waals surface area contributed by atoms with E-state index in [-0.39, 0.29) is 0 Å². The average Bonchev–Trinajstić information content (AvgIpc) is 3.09. The van der Waals surface area contributed by atoms with Crippen molar-refractivity contribution in [3.05, 3.63) is 114 Å². The third-order valence-electron chi connectivity index (χ3n) is 7.21. The van der Waals surface area contributed by atoms with Gasteiger partial charge in [-0.15, -0.1) is 0 Å². The minimum atomic E-state index is -0.516. The van der Waals surface area contributed by atoms with E-state index in [4.69, 9.17) is 18.9 Å². The molecule has 0 aliphatic carbocycles. The molecule has 7 heteroatoms. The van der Waals surface area contributed by atoms with Gasteiger partial charge < -0.3 is 18.9 Å². The number of hydrogen-bond donors (Lipinski definition) is 0. The average molecular weight is 622 g/mol. The van der Waals surface area contributed by atoms with Crippen LogP contribution in [0.1, 0.15) is 91.5 Å². The molecule has 0 aliphatic heterocycles.